The Morgan fingerprint density at radius 1 is 1.50 bits per heavy atom. The molecule has 1 fully saturated rings. The van der Waals surface area contributed by atoms with Gasteiger partial charge in [0.1, 0.15) is 0 Å². The van der Waals surface area contributed by atoms with E-state index in [0.29, 0.717) is 26.1 Å². The summed E-state index contributed by atoms with van der Waals surface area (Å²) < 4.78 is 5.07. The number of amides is 1. The predicted molar refractivity (Wildman–Crippen MR) is 42.3 cm³/mol. The third-order valence-corrected chi connectivity index (χ3v) is 2.38. The van der Waals surface area contributed by atoms with Crippen LogP contribution in [0.1, 0.15) is 12.8 Å². The molecule has 0 saturated carbocycles. The molecule has 0 aromatic rings. The van der Waals surface area contributed by atoms with Crippen molar-refractivity contribution in [3.63, 3.8) is 0 Å². The third-order valence-electron chi connectivity index (χ3n) is 2.38. The molecule has 0 unspecified atom stereocenters. The Hall–Kier alpha value is -0.810. The molecule has 5 heteroatoms. The number of hydrogen-bond acceptors (Lipinski definition) is 4. The number of nitrogens with zero attached hydrogens (tertiary/aromatic N) is 1. The monoisotopic (exact) mass is 172 g/mol. The Morgan fingerprint density at radius 2 is 2.08 bits per heavy atom. The fraction of sp³-hybridized carbons (Fsp3) is 0.857. The van der Waals surface area contributed by atoms with E-state index < -0.39 is 11.3 Å². The summed E-state index contributed by atoms with van der Waals surface area (Å²) in [5, 5.41) is 2.43. The lowest BCUT2D eigenvalue weighted by molar-refractivity contribution is -0.132. The molecule has 1 saturated heterocycles. The van der Waals surface area contributed by atoms with E-state index in [0.717, 1.165) is 0 Å². The highest BCUT2D eigenvalue weighted by Crippen LogP contribution is 2.30. The number of nitrogens with two attached hydrogens (primary N) is 1. The molecule has 0 aromatic heterocycles. The highest BCUT2D eigenvalue weighted by molar-refractivity contribution is 5.83. The summed E-state index contributed by atoms with van der Waals surface area (Å²) in [6.45, 7) is 1.15. The van der Waals surface area contributed by atoms with Gasteiger partial charge in [-0.05, 0) is 12.8 Å². The van der Waals surface area contributed by atoms with E-state index in [9.17, 15) is 9.70 Å². The zero-order valence-electron chi connectivity index (χ0n) is 6.78. The van der Waals surface area contributed by atoms with E-state index in [1.54, 1.807) is 0 Å². The van der Waals surface area contributed by atoms with Gasteiger partial charge in [-0.2, -0.15) is 0 Å². The van der Waals surface area contributed by atoms with Crippen LogP contribution in [0.5, 0.6) is 0 Å². The summed E-state index contributed by atoms with van der Waals surface area (Å²) in [6, 6.07) is 0. The summed E-state index contributed by atoms with van der Waals surface area (Å²) in [7, 11) is 0. The molecule has 0 aliphatic carbocycles. The van der Waals surface area contributed by atoms with Crippen molar-refractivity contribution < 1.29 is 9.53 Å². The van der Waals surface area contributed by atoms with Crippen molar-refractivity contribution in [3.8, 4) is 0 Å². The number of carbonyl (C=O) groups is 1. The summed E-state index contributed by atoms with van der Waals surface area (Å²) >= 11 is 0. The molecule has 0 radical (unpaired) electrons. The molecule has 0 spiro atoms. The minimum Gasteiger partial charge on any atom is -0.381 e. The summed E-state index contributed by atoms with van der Waals surface area (Å²) in [5.74, 6) is -0.631. The second-order valence-electron chi connectivity index (χ2n) is 2.99. The molecule has 5 nitrogen and oxygen atoms in total. The largest absolute Gasteiger partial charge is 0.381 e. The van der Waals surface area contributed by atoms with Gasteiger partial charge in [0.05, 0.1) is 5.41 Å². The molecular weight excluding hydrogens is 160 g/mol. The minimum atomic E-state index is -0.736. The highest BCUT2D eigenvalue weighted by Gasteiger charge is 2.39. The summed E-state index contributed by atoms with van der Waals surface area (Å²) in [4.78, 5) is 21.2. The molecule has 1 heterocycles. The van der Waals surface area contributed by atoms with Crippen LogP contribution in [0.25, 0.3) is 0 Å². The lowest BCUT2D eigenvalue weighted by atomic mass is 9.80. The van der Waals surface area contributed by atoms with Gasteiger partial charge in [-0.1, -0.05) is 0 Å². The Balaban J connectivity index is 2.72. The molecule has 0 bridgehead atoms. The van der Waals surface area contributed by atoms with Crippen molar-refractivity contribution in [3.05, 3.63) is 4.91 Å². The highest BCUT2D eigenvalue weighted by atomic mass is 16.5. The van der Waals surface area contributed by atoms with Crippen molar-refractivity contribution >= 4 is 5.91 Å². The van der Waals surface area contributed by atoms with E-state index in [1.807, 2.05) is 0 Å². The number of carbonyl (C=O) groups excluding carboxylic acids is 1. The first kappa shape index (κ1) is 9.28. The fourth-order valence-corrected chi connectivity index (χ4v) is 1.36. The summed E-state index contributed by atoms with van der Waals surface area (Å²) in [6.07, 6.45) is 1.02. The molecule has 1 amide bonds. The van der Waals surface area contributed by atoms with Crippen LogP contribution in [-0.4, -0.2) is 25.7 Å². The van der Waals surface area contributed by atoms with Crippen molar-refractivity contribution in [1.82, 2.24) is 0 Å². The second-order valence-corrected chi connectivity index (χ2v) is 2.99. The van der Waals surface area contributed by atoms with Gasteiger partial charge in [-0.15, -0.1) is 4.91 Å². The molecule has 0 aromatic carbocycles. The summed E-state index contributed by atoms with van der Waals surface area (Å²) in [5.41, 5.74) is 4.70. The van der Waals surface area contributed by atoms with Gasteiger partial charge in [-0.25, -0.2) is 0 Å². The SMILES string of the molecule is NCC1(C(=O)N=O)CCOCC1. The fourth-order valence-electron chi connectivity index (χ4n) is 1.36. The zero-order chi connectivity index (χ0) is 9.03. The number of ether oxygens (including phenoxy) is 1. The molecule has 1 rings (SSSR count). The smallest absolute Gasteiger partial charge is 0.293 e. The van der Waals surface area contributed by atoms with E-state index >= 15 is 0 Å². The standard InChI is InChI=1S/C7H12N2O3/c8-5-7(6(10)9-11)1-3-12-4-2-7/h1-5,8H2. The van der Waals surface area contributed by atoms with Crippen LogP contribution in [0, 0.1) is 10.3 Å². The van der Waals surface area contributed by atoms with Crippen LogP contribution in [0.3, 0.4) is 0 Å². The maximum atomic E-state index is 11.1. The average Bonchev–Trinajstić information content (AvgIpc) is 2.17. The Bertz CT molecular complexity index is 187. The second kappa shape index (κ2) is 3.73. The molecule has 2 N–H and O–H groups in total. The van der Waals surface area contributed by atoms with Gasteiger partial charge in [-0.3, -0.25) is 4.79 Å². The van der Waals surface area contributed by atoms with E-state index in [1.165, 1.54) is 0 Å². The normalized spacial score (nSPS) is 21.8. The maximum absolute atomic E-state index is 11.1. The third kappa shape index (κ3) is 1.51. The minimum absolute atomic E-state index is 0.181. The van der Waals surface area contributed by atoms with Crippen molar-refractivity contribution in [2.24, 2.45) is 16.3 Å². The number of rotatable bonds is 2. The van der Waals surface area contributed by atoms with E-state index in [4.69, 9.17) is 10.5 Å². The molecule has 1 aliphatic rings. The predicted octanol–water partition coefficient (Wildman–Crippen LogP) is 0.0349. The van der Waals surface area contributed by atoms with E-state index in [-0.39, 0.29) is 6.54 Å². The molecule has 68 valence electrons. The topological polar surface area (TPSA) is 81.8 Å². The Kier molecular flexibility index (Phi) is 2.88. The van der Waals surface area contributed by atoms with Gasteiger partial charge in [0.15, 0.2) is 0 Å². The Labute approximate surface area is 70.2 Å². The van der Waals surface area contributed by atoms with Crippen molar-refractivity contribution in [2.45, 2.75) is 12.8 Å². The van der Waals surface area contributed by atoms with Gasteiger partial charge >= 0.3 is 0 Å². The van der Waals surface area contributed by atoms with Crippen LogP contribution in [-0.2, 0) is 9.53 Å². The first-order valence-corrected chi connectivity index (χ1v) is 3.91. The molecule has 12 heavy (non-hydrogen) atoms. The van der Waals surface area contributed by atoms with Crippen molar-refractivity contribution in [1.29, 1.82) is 0 Å². The van der Waals surface area contributed by atoms with Crippen LogP contribution in [0.2, 0.25) is 0 Å². The lowest BCUT2D eigenvalue weighted by Crippen LogP contribution is -2.42. The van der Waals surface area contributed by atoms with Crippen LogP contribution < -0.4 is 5.73 Å². The molecule has 0 atom stereocenters. The molecular formula is C7H12N2O3. The van der Waals surface area contributed by atoms with Crippen LogP contribution in [0.4, 0.5) is 0 Å². The number of hydrogen-bond donors (Lipinski definition) is 1. The average molecular weight is 172 g/mol. The van der Waals surface area contributed by atoms with Gasteiger partial charge in [0, 0.05) is 24.9 Å². The Morgan fingerprint density at radius 3 is 2.50 bits per heavy atom. The van der Waals surface area contributed by atoms with Gasteiger partial charge in [0.2, 0.25) is 0 Å². The molecule has 1 aliphatic heterocycles. The van der Waals surface area contributed by atoms with Gasteiger partial charge < -0.3 is 10.5 Å². The van der Waals surface area contributed by atoms with E-state index in [2.05, 4.69) is 5.18 Å². The van der Waals surface area contributed by atoms with Crippen molar-refractivity contribution in [2.75, 3.05) is 19.8 Å². The van der Waals surface area contributed by atoms with Gasteiger partial charge in [0.25, 0.3) is 5.91 Å². The van der Waals surface area contributed by atoms with Crippen LogP contribution >= 0.6 is 0 Å². The quantitative estimate of drug-likeness (QED) is 0.596. The lowest BCUT2D eigenvalue weighted by Gasteiger charge is -2.31. The number of nitroso groups, excluding NO2 is 1. The first-order valence-electron chi connectivity index (χ1n) is 3.91. The van der Waals surface area contributed by atoms with Crippen LogP contribution in [0.15, 0.2) is 5.18 Å². The first-order chi connectivity index (χ1) is 5.75. The zero-order valence-corrected chi connectivity index (χ0v) is 6.78. The maximum Gasteiger partial charge on any atom is 0.293 e.